The van der Waals surface area contributed by atoms with Crippen LogP contribution in [-0.2, 0) is 6.54 Å². The lowest BCUT2D eigenvalue weighted by Crippen LogP contribution is -2.23. The Balaban J connectivity index is 1.56. The maximum Gasteiger partial charge on any atom is 0.309 e. The predicted octanol–water partition coefficient (Wildman–Crippen LogP) is 4.79. The van der Waals surface area contributed by atoms with Crippen molar-refractivity contribution in [3.05, 3.63) is 69.5 Å². The quantitative estimate of drug-likeness (QED) is 0.508. The summed E-state index contributed by atoms with van der Waals surface area (Å²) in [6.45, 7) is 4.26. The molecule has 0 aliphatic heterocycles. The maximum absolute atomic E-state index is 12.3. The highest BCUT2D eigenvalue weighted by molar-refractivity contribution is 9.10. The Morgan fingerprint density at radius 3 is 2.70 bits per heavy atom. The monoisotopic (exact) mass is 425 g/mol. The Kier molecular flexibility index (Phi) is 4.53. The third-order valence-corrected chi connectivity index (χ3v) is 4.81. The lowest BCUT2D eigenvalue weighted by Gasteiger charge is -2.02. The second-order valence-electron chi connectivity index (χ2n) is 6.23. The predicted molar refractivity (Wildman–Crippen MR) is 104 cm³/mol. The fourth-order valence-corrected chi connectivity index (χ4v) is 3.35. The first-order valence-corrected chi connectivity index (χ1v) is 9.17. The second-order valence-corrected chi connectivity index (χ2v) is 7.15. The molecule has 0 spiro atoms. The zero-order chi connectivity index (χ0) is 19.0. The van der Waals surface area contributed by atoms with Crippen molar-refractivity contribution in [3.63, 3.8) is 0 Å². The molecule has 136 valence electrons. The summed E-state index contributed by atoms with van der Waals surface area (Å²) in [5.74, 6) is 0.142. The molecular formula is C20H16BrN3O3. The summed E-state index contributed by atoms with van der Waals surface area (Å²) in [7, 11) is 0. The zero-order valence-electron chi connectivity index (χ0n) is 14.7. The Hall–Kier alpha value is -2.93. The first-order valence-electron chi connectivity index (χ1n) is 8.38. The number of fused-ring (bicyclic) bond motifs is 1. The number of para-hydroxylation sites is 1. The number of halogens is 1. The van der Waals surface area contributed by atoms with Crippen LogP contribution in [0.5, 0.6) is 0 Å². The molecule has 0 aliphatic carbocycles. The molecule has 0 atom stereocenters. The summed E-state index contributed by atoms with van der Waals surface area (Å²) >= 11 is 3.41. The third-order valence-electron chi connectivity index (χ3n) is 4.32. The zero-order valence-corrected chi connectivity index (χ0v) is 16.3. The minimum Gasteiger partial charge on any atom is -0.450 e. The molecule has 7 heteroatoms. The summed E-state index contributed by atoms with van der Waals surface area (Å²) in [6, 6.07) is 13.6. The maximum atomic E-state index is 12.3. The van der Waals surface area contributed by atoms with Gasteiger partial charge in [0.2, 0.25) is 0 Å². The number of aromatic nitrogens is 2. The van der Waals surface area contributed by atoms with Crippen molar-refractivity contribution in [1.82, 2.24) is 15.5 Å². The number of aryl methyl sites for hydroxylation is 2. The Labute approximate surface area is 163 Å². The molecule has 0 saturated heterocycles. The third kappa shape index (κ3) is 3.38. The number of nitrogens with one attached hydrogen (secondary N) is 1. The number of benzene rings is 2. The van der Waals surface area contributed by atoms with Gasteiger partial charge in [-0.3, -0.25) is 4.79 Å². The van der Waals surface area contributed by atoms with Crippen LogP contribution >= 0.6 is 15.9 Å². The number of furan rings is 1. The van der Waals surface area contributed by atoms with E-state index >= 15 is 0 Å². The van der Waals surface area contributed by atoms with Gasteiger partial charge in [-0.2, -0.15) is 0 Å². The highest BCUT2D eigenvalue weighted by Gasteiger charge is 2.21. The number of hydrogen-bond donors (Lipinski definition) is 1. The van der Waals surface area contributed by atoms with E-state index in [1.165, 1.54) is 0 Å². The van der Waals surface area contributed by atoms with E-state index in [4.69, 9.17) is 8.83 Å². The molecule has 1 N–H and O–H groups in total. The van der Waals surface area contributed by atoms with Gasteiger partial charge in [0.05, 0.1) is 0 Å². The summed E-state index contributed by atoms with van der Waals surface area (Å²) in [6.07, 6.45) is 0. The fraction of sp³-hybridized carbons (Fsp3) is 0.150. The molecule has 0 radical (unpaired) electrons. The van der Waals surface area contributed by atoms with Crippen molar-refractivity contribution in [2.75, 3.05) is 0 Å². The van der Waals surface area contributed by atoms with Gasteiger partial charge in [-0.15, -0.1) is 10.2 Å². The number of carbonyl (C=O) groups excluding carboxylic acids is 1. The first-order chi connectivity index (χ1) is 13.0. The van der Waals surface area contributed by atoms with E-state index in [2.05, 4.69) is 31.4 Å². The van der Waals surface area contributed by atoms with E-state index in [-0.39, 0.29) is 11.8 Å². The van der Waals surface area contributed by atoms with Gasteiger partial charge in [-0.25, -0.2) is 0 Å². The Morgan fingerprint density at radius 2 is 1.93 bits per heavy atom. The number of rotatable bonds is 4. The molecular weight excluding hydrogens is 410 g/mol. The lowest BCUT2D eigenvalue weighted by atomic mass is 10.1. The van der Waals surface area contributed by atoms with Crippen LogP contribution in [0.2, 0.25) is 0 Å². The SMILES string of the molecule is Cc1c(-c2nnc(C(=O)NCc3cccc(Br)c3)o2)oc2c(C)cccc12. The smallest absolute Gasteiger partial charge is 0.309 e. The number of nitrogens with zero attached hydrogens (tertiary/aromatic N) is 2. The van der Waals surface area contributed by atoms with Crippen molar-refractivity contribution in [3.8, 4) is 11.7 Å². The van der Waals surface area contributed by atoms with Gasteiger partial charge < -0.3 is 14.2 Å². The van der Waals surface area contributed by atoms with E-state index in [9.17, 15) is 4.79 Å². The largest absolute Gasteiger partial charge is 0.450 e. The topological polar surface area (TPSA) is 81.2 Å². The van der Waals surface area contributed by atoms with E-state index < -0.39 is 5.91 Å². The summed E-state index contributed by atoms with van der Waals surface area (Å²) in [4.78, 5) is 12.3. The molecule has 2 heterocycles. The molecule has 0 bridgehead atoms. The summed E-state index contributed by atoms with van der Waals surface area (Å²) in [5, 5.41) is 11.6. The molecule has 1 amide bonds. The number of carbonyl (C=O) groups is 1. The van der Waals surface area contributed by atoms with Crippen LogP contribution in [0, 0.1) is 13.8 Å². The van der Waals surface area contributed by atoms with Gasteiger partial charge in [0.1, 0.15) is 5.58 Å². The van der Waals surface area contributed by atoms with E-state index in [1.54, 1.807) is 0 Å². The summed E-state index contributed by atoms with van der Waals surface area (Å²) < 4.78 is 12.4. The minimum atomic E-state index is -0.432. The number of hydrogen-bond acceptors (Lipinski definition) is 5. The molecule has 2 aromatic heterocycles. The Bertz CT molecular complexity index is 1150. The Morgan fingerprint density at radius 1 is 1.11 bits per heavy atom. The van der Waals surface area contributed by atoms with Crippen LogP contribution < -0.4 is 5.32 Å². The van der Waals surface area contributed by atoms with Crippen LogP contribution in [0.15, 0.2) is 55.8 Å². The van der Waals surface area contributed by atoms with E-state index in [1.807, 2.05) is 56.3 Å². The first kappa shape index (κ1) is 17.5. The number of amides is 1. The van der Waals surface area contributed by atoms with Gasteiger partial charge in [-0.05, 0) is 37.1 Å². The molecule has 4 aromatic rings. The van der Waals surface area contributed by atoms with E-state index in [0.29, 0.717) is 12.3 Å². The van der Waals surface area contributed by atoms with Gasteiger partial charge >= 0.3 is 11.8 Å². The fourth-order valence-electron chi connectivity index (χ4n) is 2.90. The highest BCUT2D eigenvalue weighted by atomic mass is 79.9. The normalized spacial score (nSPS) is 11.1. The molecule has 0 saturated carbocycles. The van der Waals surface area contributed by atoms with Crippen LogP contribution in [0.1, 0.15) is 27.4 Å². The van der Waals surface area contributed by atoms with Crippen molar-refractivity contribution in [1.29, 1.82) is 0 Å². The molecule has 2 aromatic carbocycles. The van der Waals surface area contributed by atoms with Crippen molar-refractivity contribution < 1.29 is 13.6 Å². The van der Waals surface area contributed by atoms with Gasteiger partial charge in [0.25, 0.3) is 5.89 Å². The summed E-state index contributed by atoms with van der Waals surface area (Å²) in [5.41, 5.74) is 3.66. The van der Waals surface area contributed by atoms with Gasteiger partial charge in [0.15, 0.2) is 5.76 Å². The standard InChI is InChI=1S/C20H16BrN3O3/c1-11-5-3-8-15-12(2)17(26-16(11)15)19-23-24-20(27-19)18(25)22-10-13-6-4-7-14(21)9-13/h3-9H,10H2,1-2H3,(H,22,25). The van der Waals surface area contributed by atoms with Gasteiger partial charge in [-0.1, -0.05) is 46.3 Å². The second kappa shape index (κ2) is 7.00. The lowest BCUT2D eigenvalue weighted by molar-refractivity contribution is 0.0916. The van der Waals surface area contributed by atoms with Crippen molar-refractivity contribution >= 4 is 32.8 Å². The minimum absolute atomic E-state index is 0.100. The van der Waals surface area contributed by atoms with Crippen molar-refractivity contribution in [2.24, 2.45) is 0 Å². The molecule has 0 fully saturated rings. The molecule has 27 heavy (non-hydrogen) atoms. The molecule has 4 rings (SSSR count). The highest BCUT2D eigenvalue weighted by Crippen LogP contribution is 2.33. The van der Waals surface area contributed by atoms with Crippen LogP contribution in [0.3, 0.4) is 0 Å². The van der Waals surface area contributed by atoms with Crippen molar-refractivity contribution in [2.45, 2.75) is 20.4 Å². The average Bonchev–Trinajstić information content (AvgIpc) is 3.26. The van der Waals surface area contributed by atoms with Crippen LogP contribution in [-0.4, -0.2) is 16.1 Å². The molecule has 6 nitrogen and oxygen atoms in total. The average molecular weight is 426 g/mol. The molecule has 0 unspecified atom stereocenters. The molecule has 0 aliphatic rings. The van der Waals surface area contributed by atoms with E-state index in [0.717, 1.165) is 32.1 Å². The van der Waals surface area contributed by atoms with Crippen LogP contribution in [0.25, 0.3) is 22.6 Å². The van der Waals surface area contributed by atoms with Gasteiger partial charge in [0, 0.05) is 22.0 Å². The van der Waals surface area contributed by atoms with Crippen LogP contribution in [0.4, 0.5) is 0 Å².